The highest BCUT2D eigenvalue weighted by Gasteiger charge is 2.08. The Morgan fingerprint density at radius 1 is 0.769 bits per heavy atom. The van der Waals surface area contributed by atoms with Gasteiger partial charge in [-0.3, -0.25) is 9.69 Å². The summed E-state index contributed by atoms with van der Waals surface area (Å²) in [7, 11) is 0. The van der Waals surface area contributed by atoms with Crippen molar-refractivity contribution in [1.29, 1.82) is 0 Å². The number of morpholine rings is 1. The molecule has 26 heavy (non-hydrogen) atoms. The van der Waals surface area contributed by atoms with Gasteiger partial charge in [-0.2, -0.15) is 0 Å². The van der Waals surface area contributed by atoms with Gasteiger partial charge in [0.2, 0.25) is 0 Å². The molecule has 1 N–H and O–H groups in total. The summed E-state index contributed by atoms with van der Waals surface area (Å²) >= 11 is 0. The maximum absolute atomic E-state index is 10.4. The van der Waals surface area contributed by atoms with Crippen molar-refractivity contribution in [3.05, 3.63) is 12.2 Å². The molecule has 0 saturated carbocycles. The third-order valence-electron chi connectivity index (χ3n) is 5.13. The number of hydrogen-bond acceptors (Lipinski definition) is 3. The Balaban J connectivity index is 1.72. The van der Waals surface area contributed by atoms with E-state index in [4.69, 9.17) is 9.84 Å². The molecule has 0 aromatic heterocycles. The molecule has 0 spiro atoms. The predicted octanol–water partition coefficient (Wildman–Crippen LogP) is 5.42. The van der Waals surface area contributed by atoms with Crippen LogP contribution in [0.3, 0.4) is 0 Å². The Bertz CT molecular complexity index is 351. The molecule has 0 bridgehead atoms. The van der Waals surface area contributed by atoms with Crippen LogP contribution in [-0.4, -0.2) is 48.8 Å². The molecule has 0 radical (unpaired) electrons. The molecule has 1 aliphatic heterocycles. The number of ether oxygens (including phenoxy) is 1. The quantitative estimate of drug-likeness (QED) is 0.275. The summed E-state index contributed by atoms with van der Waals surface area (Å²) in [5.41, 5.74) is 0. The highest BCUT2D eigenvalue weighted by molar-refractivity contribution is 5.66. The van der Waals surface area contributed by atoms with E-state index < -0.39 is 5.97 Å². The molecule has 0 aromatic carbocycles. The van der Waals surface area contributed by atoms with Crippen LogP contribution in [0, 0.1) is 0 Å². The van der Waals surface area contributed by atoms with Gasteiger partial charge in [0.1, 0.15) is 0 Å². The Morgan fingerprint density at radius 2 is 1.27 bits per heavy atom. The summed E-state index contributed by atoms with van der Waals surface area (Å²) in [6.07, 6.45) is 21.1. The van der Waals surface area contributed by atoms with Gasteiger partial charge in [-0.05, 0) is 45.1 Å². The zero-order valence-electron chi connectivity index (χ0n) is 16.8. The third kappa shape index (κ3) is 15.4. The maximum Gasteiger partial charge on any atom is 0.303 e. The minimum atomic E-state index is -0.666. The number of allylic oxidation sites excluding steroid dienone is 2. The zero-order valence-corrected chi connectivity index (χ0v) is 16.8. The fourth-order valence-electron chi connectivity index (χ4n) is 3.43. The largest absolute Gasteiger partial charge is 0.481 e. The van der Waals surface area contributed by atoms with Crippen LogP contribution in [0.25, 0.3) is 0 Å². The van der Waals surface area contributed by atoms with Gasteiger partial charge in [-0.25, -0.2) is 0 Å². The van der Waals surface area contributed by atoms with Crippen LogP contribution in [-0.2, 0) is 9.53 Å². The number of rotatable bonds is 17. The van der Waals surface area contributed by atoms with Crippen LogP contribution in [0.15, 0.2) is 12.2 Å². The number of carbonyl (C=O) groups is 1. The van der Waals surface area contributed by atoms with Gasteiger partial charge in [0.15, 0.2) is 0 Å². The van der Waals surface area contributed by atoms with Crippen molar-refractivity contribution in [1.82, 2.24) is 4.90 Å². The van der Waals surface area contributed by atoms with Crippen LogP contribution in [0.2, 0.25) is 0 Å². The average molecular weight is 368 g/mol. The maximum atomic E-state index is 10.4. The van der Waals surface area contributed by atoms with E-state index in [1.807, 2.05) is 0 Å². The van der Waals surface area contributed by atoms with E-state index >= 15 is 0 Å². The average Bonchev–Trinajstić information content (AvgIpc) is 2.65. The van der Waals surface area contributed by atoms with E-state index in [2.05, 4.69) is 17.1 Å². The van der Waals surface area contributed by atoms with Gasteiger partial charge in [-0.15, -0.1) is 0 Å². The number of aliphatic carboxylic acids is 1. The molecule has 4 heteroatoms. The van der Waals surface area contributed by atoms with Crippen molar-refractivity contribution < 1.29 is 14.6 Å². The normalized spacial score (nSPS) is 15.7. The van der Waals surface area contributed by atoms with Gasteiger partial charge in [0.05, 0.1) is 13.2 Å². The Morgan fingerprint density at radius 3 is 1.85 bits per heavy atom. The summed E-state index contributed by atoms with van der Waals surface area (Å²) < 4.78 is 5.37. The van der Waals surface area contributed by atoms with E-state index in [-0.39, 0.29) is 0 Å². The van der Waals surface area contributed by atoms with Gasteiger partial charge < -0.3 is 9.84 Å². The van der Waals surface area contributed by atoms with Gasteiger partial charge in [0, 0.05) is 19.5 Å². The van der Waals surface area contributed by atoms with Crippen molar-refractivity contribution >= 4 is 5.97 Å². The fourth-order valence-corrected chi connectivity index (χ4v) is 3.43. The van der Waals surface area contributed by atoms with Crippen LogP contribution in [0.4, 0.5) is 0 Å². The molecule has 1 aliphatic rings. The molecule has 0 atom stereocenters. The van der Waals surface area contributed by atoms with Crippen LogP contribution in [0.1, 0.15) is 89.9 Å². The van der Waals surface area contributed by atoms with Crippen LogP contribution >= 0.6 is 0 Å². The molecule has 0 aromatic rings. The predicted molar refractivity (Wildman–Crippen MR) is 109 cm³/mol. The van der Waals surface area contributed by atoms with Gasteiger partial charge >= 0.3 is 5.97 Å². The lowest BCUT2D eigenvalue weighted by Crippen LogP contribution is -2.36. The second-order valence-corrected chi connectivity index (χ2v) is 7.54. The second-order valence-electron chi connectivity index (χ2n) is 7.54. The molecule has 0 aliphatic carbocycles. The molecule has 1 heterocycles. The summed E-state index contributed by atoms with van der Waals surface area (Å²) in [6.45, 7) is 5.33. The third-order valence-corrected chi connectivity index (χ3v) is 5.13. The lowest BCUT2D eigenvalue weighted by Gasteiger charge is -2.26. The Hall–Kier alpha value is -0.870. The molecule has 4 nitrogen and oxygen atoms in total. The monoisotopic (exact) mass is 367 g/mol. The summed E-state index contributed by atoms with van der Waals surface area (Å²) in [5, 5.41) is 8.56. The van der Waals surface area contributed by atoms with E-state index in [9.17, 15) is 4.79 Å². The molecule has 152 valence electrons. The first-order valence-corrected chi connectivity index (χ1v) is 11.0. The molecule has 1 saturated heterocycles. The topological polar surface area (TPSA) is 49.8 Å². The zero-order chi connectivity index (χ0) is 18.7. The van der Waals surface area contributed by atoms with Crippen molar-refractivity contribution in [3.63, 3.8) is 0 Å². The van der Waals surface area contributed by atoms with E-state index in [0.29, 0.717) is 6.42 Å². The number of nitrogens with zero attached hydrogens (tertiary/aromatic N) is 1. The SMILES string of the molecule is O=C(O)CCCCCCCC=CCCCCCCCCN1CCOCC1. The minimum absolute atomic E-state index is 0.327. The molecule has 0 amide bonds. The number of carboxylic acids is 1. The van der Waals surface area contributed by atoms with Crippen molar-refractivity contribution in [2.75, 3.05) is 32.8 Å². The Kier molecular flexibility index (Phi) is 15.6. The number of hydrogen-bond donors (Lipinski definition) is 1. The van der Waals surface area contributed by atoms with Gasteiger partial charge in [0.25, 0.3) is 0 Å². The smallest absolute Gasteiger partial charge is 0.303 e. The van der Waals surface area contributed by atoms with Crippen molar-refractivity contribution in [2.45, 2.75) is 89.9 Å². The van der Waals surface area contributed by atoms with E-state index in [1.54, 1.807) is 0 Å². The minimum Gasteiger partial charge on any atom is -0.481 e. The first kappa shape index (κ1) is 23.2. The summed E-state index contributed by atoms with van der Waals surface area (Å²) in [4.78, 5) is 12.9. The van der Waals surface area contributed by atoms with E-state index in [0.717, 1.165) is 39.1 Å². The molecular weight excluding hydrogens is 326 g/mol. The highest BCUT2D eigenvalue weighted by atomic mass is 16.5. The first-order valence-electron chi connectivity index (χ1n) is 11.0. The number of unbranched alkanes of at least 4 members (excludes halogenated alkanes) is 11. The van der Waals surface area contributed by atoms with Gasteiger partial charge in [-0.1, -0.05) is 57.1 Å². The standard InChI is InChI=1S/C22H41NO3/c24-22(25)16-14-12-10-8-6-4-2-1-3-5-7-9-11-13-15-17-23-18-20-26-21-19-23/h1-2H,3-21H2,(H,24,25). The lowest BCUT2D eigenvalue weighted by molar-refractivity contribution is -0.137. The Labute approximate surface area is 161 Å². The van der Waals surface area contributed by atoms with Crippen LogP contribution in [0.5, 0.6) is 0 Å². The molecular formula is C22H41NO3. The van der Waals surface area contributed by atoms with Crippen molar-refractivity contribution in [3.8, 4) is 0 Å². The summed E-state index contributed by atoms with van der Waals surface area (Å²) in [5.74, 6) is -0.666. The molecule has 0 unspecified atom stereocenters. The van der Waals surface area contributed by atoms with Crippen molar-refractivity contribution in [2.24, 2.45) is 0 Å². The first-order chi connectivity index (χ1) is 12.8. The molecule has 1 fully saturated rings. The fraction of sp³-hybridized carbons (Fsp3) is 0.864. The second kappa shape index (κ2) is 17.5. The van der Waals surface area contributed by atoms with E-state index in [1.165, 1.54) is 77.2 Å². The lowest BCUT2D eigenvalue weighted by atomic mass is 10.1. The molecule has 1 rings (SSSR count). The highest BCUT2D eigenvalue weighted by Crippen LogP contribution is 2.10. The van der Waals surface area contributed by atoms with Crippen LogP contribution < -0.4 is 0 Å². The summed E-state index contributed by atoms with van der Waals surface area (Å²) in [6, 6.07) is 0. The number of carboxylic acid groups (broad SMARTS) is 1.